The normalized spacial score (nSPS) is 24.4. The maximum absolute atomic E-state index is 13.5. The number of halogens is 1. The van der Waals surface area contributed by atoms with Crippen molar-refractivity contribution in [3.63, 3.8) is 0 Å². The van der Waals surface area contributed by atoms with Gasteiger partial charge in [0.15, 0.2) is 11.6 Å². The zero-order valence-corrected chi connectivity index (χ0v) is 15.6. The predicted molar refractivity (Wildman–Crippen MR) is 87.7 cm³/mol. The smallest absolute Gasteiger partial charge is 0.381 e. The molecule has 1 aliphatic rings. The second-order valence-corrected chi connectivity index (χ2v) is 8.43. The number of nitrogens with two attached hydrogens (primary N) is 2. The van der Waals surface area contributed by atoms with Gasteiger partial charge in [-0.15, -0.1) is 0 Å². The first-order valence-electron chi connectivity index (χ1n) is 7.58. The summed E-state index contributed by atoms with van der Waals surface area (Å²) < 4.78 is 56.0. The highest BCUT2D eigenvalue weighted by molar-refractivity contribution is 7.61. The van der Waals surface area contributed by atoms with Gasteiger partial charge in [0.25, 0.3) is 0 Å². The topological polar surface area (TPSA) is 198 Å². The Morgan fingerprint density at radius 2 is 2.00 bits per heavy atom. The lowest BCUT2D eigenvalue weighted by Gasteiger charge is -2.18. The number of hydrogen-bond acceptors (Lipinski definition) is 10. The van der Waals surface area contributed by atoms with Gasteiger partial charge < -0.3 is 26.0 Å². The molecule has 1 aliphatic heterocycles. The first-order valence-corrected chi connectivity index (χ1v) is 10.6. The Hall–Kier alpha value is -1.21. The summed E-state index contributed by atoms with van der Waals surface area (Å²) >= 11 is 0. The molecule has 16 heteroatoms. The van der Waals surface area contributed by atoms with Crippen LogP contribution in [-0.4, -0.2) is 45.2 Å². The van der Waals surface area contributed by atoms with Crippen molar-refractivity contribution in [2.24, 2.45) is 5.73 Å². The van der Waals surface area contributed by atoms with Gasteiger partial charge in [0, 0.05) is 6.54 Å². The van der Waals surface area contributed by atoms with Crippen LogP contribution < -0.4 is 17.2 Å². The van der Waals surface area contributed by atoms with Gasteiger partial charge in [0.1, 0.15) is 6.23 Å². The van der Waals surface area contributed by atoms with Gasteiger partial charge in [-0.25, -0.2) is 18.3 Å². The highest BCUT2D eigenvalue weighted by Gasteiger charge is 2.37. The molecule has 0 bridgehead atoms. The Bertz CT molecular complexity index is 822. The van der Waals surface area contributed by atoms with E-state index in [0.29, 0.717) is 0 Å². The molecular weight excluding hydrogens is 413 g/mol. The van der Waals surface area contributed by atoms with Crippen LogP contribution in [0.2, 0.25) is 0 Å². The minimum Gasteiger partial charge on any atom is -0.381 e. The third-order valence-electron chi connectivity index (χ3n) is 3.33. The van der Waals surface area contributed by atoms with E-state index in [1.165, 1.54) is 0 Å². The largest absolute Gasteiger partial charge is 0.481 e. The Morgan fingerprint density at radius 3 is 2.67 bits per heavy atom. The number of anilines is 1. The molecule has 13 nitrogen and oxygen atoms in total. The van der Waals surface area contributed by atoms with Crippen LogP contribution in [0.4, 0.5) is 10.2 Å². The lowest BCUT2D eigenvalue weighted by atomic mass is 10.2. The fourth-order valence-electron chi connectivity index (χ4n) is 2.20. The minimum absolute atomic E-state index is 0.109. The van der Waals surface area contributed by atoms with Gasteiger partial charge in [-0.3, -0.25) is 13.6 Å². The maximum Gasteiger partial charge on any atom is 0.481 e. The molecule has 0 aliphatic carbocycles. The SMILES string of the molecule is NCCOP(=O)(O)OP(=O)(O)OC[C@@H]1CC[C@H](n2cc(F)c(N)nc2=O)O1. The predicted octanol–water partition coefficient (Wildman–Crippen LogP) is -0.149. The molecule has 2 unspecified atom stereocenters. The van der Waals surface area contributed by atoms with Crippen LogP contribution in [0.5, 0.6) is 0 Å². The van der Waals surface area contributed by atoms with E-state index in [4.69, 9.17) is 16.2 Å². The van der Waals surface area contributed by atoms with E-state index in [2.05, 4.69) is 18.3 Å². The Morgan fingerprint density at radius 1 is 1.33 bits per heavy atom. The number of phosphoric ester groups is 2. The van der Waals surface area contributed by atoms with E-state index < -0.39 is 51.9 Å². The summed E-state index contributed by atoms with van der Waals surface area (Å²) in [6, 6.07) is 0. The third kappa shape index (κ3) is 6.42. The molecule has 4 atom stereocenters. The van der Waals surface area contributed by atoms with Crippen molar-refractivity contribution in [1.29, 1.82) is 0 Å². The Balaban J connectivity index is 1.91. The van der Waals surface area contributed by atoms with E-state index in [9.17, 15) is 28.1 Å². The molecule has 154 valence electrons. The standard InChI is InChI=1S/C11H19FN4O9P2/c12-8-5-16(11(17)15-10(8)14)9-2-1-7(24-9)6-23-27(20,21)25-26(18,19)22-4-3-13/h5,7,9H,1-4,6,13H2,(H,18,19)(H,20,21)(H2,14,15,17)/t7-,9+/m0/s1. The number of phosphoric acid groups is 2. The fourth-order valence-corrected chi connectivity index (χ4v) is 4.31. The van der Waals surface area contributed by atoms with Crippen molar-refractivity contribution in [2.45, 2.75) is 25.2 Å². The summed E-state index contributed by atoms with van der Waals surface area (Å²) in [5.74, 6) is -1.44. The summed E-state index contributed by atoms with van der Waals surface area (Å²) in [7, 11) is -9.77. The molecule has 0 radical (unpaired) electrons. The summed E-state index contributed by atoms with van der Waals surface area (Å²) in [6.07, 6.45) is -0.272. The first-order chi connectivity index (χ1) is 12.5. The van der Waals surface area contributed by atoms with Crippen molar-refractivity contribution < 1.29 is 41.4 Å². The second kappa shape index (κ2) is 8.86. The van der Waals surface area contributed by atoms with Crippen molar-refractivity contribution in [3.8, 4) is 0 Å². The van der Waals surface area contributed by atoms with E-state index in [1.807, 2.05) is 0 Å². The summed E-state index contributed by atoms with van der Waals surface area (Å²) in [4.78, 5) is 33.8. The van der Waals surface area contributed by atoms with Crippen LogP contribution in [0.3, 0.4) is 0 Å². The van der Waals surface area contributed by atoms with Crippen LogP contribution >= 0.6 is 15.6 Å². The Labute approximate surface area is 152 Å². The van der Waals surface area contributed by atoms with Crippen molar-refractivity contribution >= 4 is 21.5 Å². The monoisotopic (exact) mass is 432 g/mol. The van der Waals surface area contributed by atoms with Gasteiger partial charge in [0.2, 0.25) is 0 Å². The minimum atomic E-state index is -4.94. The van der Waals surface area contributed by atoms with Crippen LogP contribution in [0.1, 0.15) is 19.1 Å². The summed E-state index contributed by atoms with van der Waals surface area (Å²) in [5.41, 5.74) is 9.45. The van der Waals surface area contributed by atoms with Crippen LogP contribution in [0, 0.1) is 5.82 Å². The molecule has 0 saturated carbocycles. The number of ether oxygens (including phenoxy) is 1. The van der Waals surface area contributed by atoms with Crippen molar-refractivity contribution in [1.82, 2.24) is 9.55 Å². The fraction of sp³-hybridized carbons (Fsp3) is 0.636. The quantitative estimate of drug-likeness (QED) is 0.377. The molecule has 0 aromatic carbocycles. The molecule has 6 N–H and O–H groups in total. The molecule has 2 heterocycles. The molecule has 1 fully saturated rings. The lowest BCUT2D eigenvalue weighted by Crippen LogP contribution is -2.29. The number of aromatic nitrogens is 2. The van der Waals surface area contributed by atoms with E-state index in [1.54, 1.807) is 0 Å². The molecule has 1 aromatic rings. The van der Waals surface area contributed by atoms with Gasteiger partial charge in [0.05, 0.1) is 25.5 Å². The first kappa shape index (κ1) is 22.1. The number of nitrogens with zero attached hydrogens (tertiary/aromatic N) is 2. The average molecular weight is 432 g/mol. The van der Waals surface area contributed by atoms with Gasteiger partial charge in [-0.1, -0.05) is 0 Å². The van der Waals surface area contributed by atoms with E-state index >= 15 is 0 Å². The zero-order valence-electron chi connectivity index (χ0n) is 13.8. The number of hydrogen-bond donors (Lipinski definition) is 4. The molecule has 0 amide bonds. The lowest BCUT2D eigenvalue weighted by molar-refractivity contribution is -0.0247. The third-order valence-corrected chi connectivity index (χ3v) is 5.97. The van der Waals surface area contributed by atoms with Gasteiger partial charge in [-0.2, -0.15) is 9.29 Å². The summed E-state index contributed by atoms with van der Waals surface area (Å²) in [6.45, 7) is -0.981. The number of rotatable bonds is 9. The summed E-state index contributed by atoms with van der Waals surface area (Å²) in [5, 5.41) is 0. The van der Waals surface area contributed by atoms with E-state index in [-0.39, 0.29) is 26.0 Å². The zero-order chi connectivity index (χ0) is 20.2. The van der Waals surface area contributed by atoms with Crippen LogP contribution in [0.25, 0.3) is 0 Å². The highest BCUT2D eigenvalue weighted by atomic mass is 31.3. The molecule has 27 heavy (non-hydrogen) atoms. The van der Waals surface area contributed by atoms with Crippen molar-refractivity contribution in [3.05, 3.63) is 22.5 Å². The van der Waals surface area contributed by atoms with E-state index in [0.717, 1.165) is 10.8 Å². The maximum atomic E-state index is 13.5. The molecule has 2 rings (SSSR count). The Kier molecular flexibility index (Phi) is 7.25. The van der Waals surface area contributed by atoms with Crippen LogP contribution in [-0.2, 0) is 27.2 Å². The average Bonchev–Trinajstić information content (AvgIpc) is 3.02. The molecule has 1 aromatic heterocycles. The van der Waals surface area contributed by atoms with Crippen molar-refractivity contribution in [2.75, 3.05) is 25.5 Å². The van der Waals surface area contributed by atoms with Gasteiger partial charge in [-0.05, 0) is 12.8 Å². The molecular formula is C11H19FN4O9P2. The highest BCUT2D eigenvalue weighted by Crippen LogP contribution is 2.60. The number of nitrogen functional groups attached to an aromatic ring is 1. The van der Waals surface area contributed by atoms with Gasteiger partial charge >= 0.3 is 21.3 Å². The van der Waals surface area contributed by atoms with Crippen LogP contribution in [0.15, 0.2) is 11.0 Å². The molecule has 1 saturated heterocycles. The second-order valence-electron chi connectivity index (χ2n) is 5.39. The molecule has 0 spiro atoms.